The highest BCUT2D eigenvalue weighted by Crippen LogP contribution is 2.17. The third-order valence-electron chi connectivity index (χ3n) is 1.66. The fourth-order valence-corrected chi connectivity index (χ4v) is 1.04. The van der Waals surface area contributed by atoms with Crippen LogP contribution >= 0.6 is 0 Å². The van der Waals surface area contributed by atoms with Crippen molar-refractivity contribution in [2.45, 2.75) is 12.8 Å². The Morgan fingerprint density at radius 3 is 2.62 bits per heavy atom. The molecule has 88 valence electrons. The first kappa shape index (κ1) is 12.4. The van der Waals surface area contributed by atoms with Gasteiger partial charge < -0.3 is 4.74 Å². The molecule has 0 spiro atoms. The van der Waals surface area contributed by atoms with E-state index in [-0.39, 0.29) is 12.3 Å². The highest BCUT2D eigenvalue weighted by Gasteiger charge is 2.27. The van der Waals surface area contributed by atoms with Crippen molar-refractivity contribution >= 4 is 5.69 Å². The number of nitro groups is 1. The summed E-state index contributed by atoms with van der Waals surface area (Å²) in [6.07, 6.45) is -4.39. The Balaban J connectivity index is 2.55. The summed E-state index contributed by atoms with van der Waals surface area (Å²) in [5.74, 6) is 0. The molecule has 1 aromatic carbocycles. The molecule has 4 nitrogen and oxygen atoms in total. The standard InChI is InChI=1S/C9H8F3NO3/c10-9(11,12)6-16-5-7-2-1-3-8(4-7)13(14)15/h1-4H,5-6H2. The van der Waals surface area contributed by atoms with Gasteiger partial charge in [0.25, 0.3) is 5.69 Å². The number of benzene rings is 1. The Labute approximate surface area is 88.8 Å². The van der Waals surface area contributed by atoms with E-state index in [0.717, 1.165) is 0 Å². The molecule has 0 unspecified atom stereocenters. The smallest absolute Gasteiger partial charge is 0.367 e. The molecule has 0 aliphatic rings. The normalized spacial score (nSPS) is 11.4. The van der Waals surface area contributed by atoms with Gasteiger partial charge in [-0.05, 0) is 5.56 Å². The average molecular weight is 235 g/mol. The summed E-state index contributed by atoms with van der Waals surface area (Å²) in [5.41, 5.74) is 0.159. The van der Waals surface area contributed by atoms with Gasteiger partial charge in [-0.3, -0.25) is 10.1 Å². The van der Waals surface area contributed by atoms with Gasteiger partial charge in [-0.2, -0.15) is 13.2 Å². The quantitative estimate of drug-likeness (QED) is 0.595. The van der Waals surface area contributed by atoms with Crippen molar-refractivity contribution in [2.24, 2.45) is 0 Å². The van der Waals surface area contributed by atoms with Crippen LogP contribution in [0.25, 0.3) is 0 Å². The third-order valence-corrected chi connectivity index (χ3v) is 1.66. The fraction of sp³-hybridized carbons (Fsp3) is 0.333. The molecule has 0 fully saturated rings. The zero-order valence-corrected chi connectivity index (χ0v) is 8.03. The summed E-state index contributed by atoms with van der Waals surface area (Å²) in [5, 5.41) is 10.4. The lowest BCUT2D eigenvalue weighted by molar-refractivity contribution is -0.385. The second kappa shape index (κ2) is 4.93. The van der Waals surface area contributed by atoms with E-state index in [2.05, 4.69) is 4.74 Å². The number of alkyl halides is 3. The predicted octanol–water partition coefficient (Wildman–Crippen LogP) is 2.67. The average Bonchev–Trinajstić information content (AvgIpc) is 2.16. The van der Waals surface area contributed by atoms with E-state index in [1.807, 2.05) is 0 Å². The Bertz CT molecular complexity index is 379. The lowest BCUT2D eigenvalue weighted by Gasteiger charge is -2.07. The lowest BCUT2D eigenvalue weighted by atomic mass is 10.2. The zero-order valence-electron chi connectivity index (χ0n) is 8.03. The van der Waals surface area contributed by atoms with Crippen LogP contribution in [0.1, 0.15) is 5.56 Å². The van der Waals surface area contributed by atoms with Crippen molar-refractivity contribution in [1.29, 1.82) is 0 Å². The first-order valence-electron chi connectivity index (χ1n) is 4.26. The number of hydrogen-bond acceptors (Lipinski definition) is 3. The summed E-state index contributed by atoms with van der Waals surface area (Å²) in [4.78, 5) is 9.75. The number of ether oxygens (including phenoxy) is 1. The van der Waals surface area contributed by atoms with Gasteiger partial charge in [-0.25, -0.2) is 0 Å². The molecular weight excluding hydrogens is 227 g/mol. The molecule has 0 radical (unpaired) electrons. The summed E-state index contributed by atoms with van der Waals surface area (Å²) in [6.45, 7) is -1.67. The number of non-ortho nitro benzene ring substituents is 1. The Morgan fingerprint density at radius 2 is 2.06 bits per heavy atom. The van der Waals surface area contributed by atoms with E-state index in [4.69, 9.17) is 0 Å². The summed E-state index contributed by atoms with van der Waals surface area (Å²) >= 11 is 0. The Hall–Kier alpha value is -1.63. The van der Waals surface area contributed by atoms with Crippen LogP contribution in [0, 0.1) is 10.1 Å². The molecule has 1 rings (SSSR count). The van der Waals surface area contributed by atoms with Crippen LogP contribution in [-0.2, 0) is 11.3 Å². The summed E-state index contributed by atoms with van der Waals surface area (Å²) < 4.78 is 39.6. The van der Waals surface area contributed by atoms with Gasteiger partial charge >= 0.3 is 6.18 Å². The van der Waals surface area contributed by atoms with Crippen LogP contribution < -0.4 is 0 Å². The molecule has 0 aliphatic carbocycles. The zero-order chi connectivity index (χ0) is 12.2. The largest absolute Gasteiger partial charge is 0.411 e. The minimum atomic E-state index is -4.39. The molecule has 1 aromatic rings. The number of hydrogen-bond donors (Lipinski definition) is 0. The SMILES string of the molecule is O=[N+]([O-])c1cccc(COCC(F)(F)F)c1. The van der Waals surface area contributed by atoms with Crippen molar-refractivity contribution in [3.05, 3.63) is 39.9 Å². The van der Waals surface area contributed by atoms with Crippen LogP contribution in [0.2, 0.25) is 0 Å². The Morgan fingerprint density at radius 1 is 1.38 bits per heavy atom. The van der Waals surface area contributed by atoms with E-state index in [9.17, 15) is 23.3 Å². The second-order valence-corrected chi connectivity index (χ2v) is 3.03. The van der Waals surface area contributed by atoms with Crippen LogP contribution in [0.4, 0.5) is 18.9 Å². The van der Waals surface area contributed by atoms with Crippen molar-refractivity contribution < 1.29 is 22.8 Å². The molecule has 0 N–H and O–H groups in total. The maximum absolute atomic E-state index is 11.7. The molecule has 0 saturated carbocycles. The third kappa shape index (κ3) is 4.26. The topological polar surface area (TPSA) is 52.4 Å². The maximum Gasteiger partial charge on any atom is 0.411 e. The van der Waals surface area contributed by atoms with Gasteiger partial charge in [0, 0.05) is 12.1 Å². The molecule has 0 bridgehead atoms. The molecule has 7 heteroatoms. The van der Waals surface area contributed by atoms with E-state index in [0.29, 0.717) is 5.56 Å². The molecule has 0 aliphatic heterocycles. The minimum Gasteiger partial charge on any atom is -0.367 e. The van der Waals surface area contributed by atoms with Gasteiger partial charge in [0.2, 0.25) is 0 Å². The van der Waals surface area contributed by atoms with Gasteiger partial charge in [0.1, 0.15) is 6.61 Å². The van der Waals surface area contributed by atoms with Gasteiger partial charge in [0.05, 0.1) is 11.5 Å². The van der Waals surface area contributed by atoms with Crippen molar-refractivity contribution in [3.8, 4) is 0 Å². The number of nitro benzene ring substituents is 1. The van der Waals surface area contributed by atoms with Crippen LogP contribution in [0.15, 0.2) is 24.3 Å². The maximum atomic E-state index is 11.7. The monoisotopic (exact) mass is 235 g/mol. The number of nitrogens with zero attached hydrogens (tertiary/aromatic N) is 1. The highest BCUT2D eigenvalue weighted by atomic mass is 19.4. The molecule has 0 saturated heterocycles. The van der Waals surface area contributed by atoms with Crippen LogP contribution in [0.3, 0.4) is 0 Å². The molecule has 16 heavy (non-hydrogen) atoms. The lowest BCUT2D eigenvalue weighted by Crippen LogP contribution is -2.16. The van der Waals surface area contributed by atoms with Crippen LogP contribution in [-0.4, -0.2) is 17.7 Å². The number of rotatable bonds is 4. The summed E-state index contributed by atoms with van der Waals surface area (Å²) in [6, 6.07) is 5.29. The molecule has 0 heterocycles. The molecule has 0 aromatic heterocycles. The van der Waals surface area contributed by atoms with Gasteiger partial charge in [-0.15, -0.1) is 0 Å². The van der Waals surface area contributed by atoms with Crippen molar-refractivity contribution in [1.82, 2.24) is 0 Å². The van der Waals surface area contributed by atoms with E-state index >= 15 is 0 Å². The molecule has 0 amide bonds. The minimum absolute atomic E-state index is 0.173. The Kier molecular flexibility index (Phi) is 3.83. The second-order valence-electron chi connectivity index (χ2n) is 3.03. The predicted molar refractivity (Wildman–Crippen MR) is 48.8 cm³/mol. The van der Waals surface area contributed by atoms with Gasteiger partial charge in [0.15, 0.2) is 0 Å². The number of halogens is 3. The fourth-order valence-electron chi connectivity index (χ4n) is 1.04. The van der Waals surface area contributed by atoms with E-state index in [1.54, 1.807) is 0 Å². The molecular formula is C9H8F3NO3. The first-order chi connectivity index (χ1) is 7.38. The first-order valence-corrected chi connectivity index (χ1v) is 4.26. The highest BCUT2D eigenvalue weighted by molar-refractivity contribution is 5.33. The molecule has 0 atom stereocenters. The van der Waals surface area contributed by atoms with Gasteiger partial charge in [-0.1, -0.05) is 12.1 Å². The van der Waals surface area contributed by atoms with Crippen molar-refractivity contribution in [2.75, 3.05) is 6.61 Å². The van der Waals surface area contributed by atoms with Crippen LogP contribution in [0.5, 0.6) is 0 Å². The van der Waals surface area contributed by atoms with E-state index in [1.165, 1.54) is 24.3 Å². The van der Waals surface area contributed by atoms with E-state index < -0.39 is 17.7 Å². The summed E-state index contributed by atoms with van der Waals surface area (Å²) in [7, 11) is 0. The van der Waals surface area contributed by atoms with Crippen molar-refractivity contribution in [3.63, 3.8) is 0 Å².